The lowest BCUT2D eigenvalue weighted by Gasteiger charge is -2.38. The monoisotopic (exact) mass is 288 g/mol. The molecule has 0 fully saturated rings. The molecule has 1 N–H and O–H groups in total. The van der Waals surface area contributed by atoms with Crippen molar-refractivity contribution in [3.05, 3.63) is 28.8 Å². The average molecular weight is 288 g/mol. The Bertz CT molecular complexity index is 500. The smallest absolute Gasteiger partial charge is 0.119 e. The third-order valence-electron chi connectivity index (χ3n) is 4.78. The lowest BCUT2D eigenvalue weighted by Crippen LogP contribution is -2.25. The third kappa shape index (κ3) is 3.81. The molecule has 1 atom stereocenters. The first-order valence-corrected chi connectivity index (χ1v) is 8.43. The molecule has 2 rings (SSSR count). The highest BCUT2D eigenvalue weighted by Crippen LogP contribution is 2.46. The summed E-state index contributed by atoms with van der Waals surface area (Å²) in [5.74, 6) is 1.06. The van der Waals surface area contributed by atoms with Crippen molar-refractivity contribution in [2.75, 3.05) is 0 Å². The summed E-state index contributed by atoms with van der Waals surface area (Å²) < 4.78 is 0. The van der Waals surface area contributed by atoms with Crippen LogP contribution in [0.1, 0.15) is 83.4 Å². The Hall–Kier alpha value is -0.980. The fourth-order valence-electron chi connectivity index (χ4n) is 3.70. The molecule has 0 spiro atoms. The van der Waals surface area contributed by atoms with Gasteiger partial charge in [0.25, 0.3) is 0 Å². The van der Waals surface area contributed by atoms with E-state index in [1.165, 1.54) is 36.0 Å². The molecule has 1 aromatic carbocycles. The molecular weight excluding hydrogens is 256 g/mol. The number of hydrogen-bond acceptors (Lipinski definition) is 1. The van der Waals surface area contributed by atoms with Gasteiger partial charge in [0, 0.05) is 0 Å². The lowest BCUT2D eigenvalue weighted by atomic mass is 9.67. The Morgan fingerprint density at radius 2 is 1.52 bits per heavy atom. The van der Waals surface area contributed by atoms with E-state index in [2.05, 4.69) is 47.6 Å². The Labute approximate surface area is 130 Å². The molecule has 0 radical (unpaired) electrons. The highest BCUT2D eigenvalue weighted by atomic mass is 16.3. The van der Waals surface area contributed by atoms with Crippen LogP contribution in [0.2, 0.25) is 0 Å². The molecule has 0 aliphatic heterocycles. The summed E-state index contributed by atoms with van der Waals surface area (Å²) in [5, 5.41) is 10.2. The topological polar surface area (TPSA) is 20.2 Å². The molecule has 1 aliphatic rings. The van der Waals surface area contributed by atoms with Crippen LogP contribution in [-0.4, -0.2) is 5.11 Å². The Morgan fingerprint density at radius 1 is 0.952 bits per heavy atom. The Balaban J connectivity index is 2.50. The van der Waals surface area contributed by atoms with Gasteiger partial charge < -0.3 is 5.11 Å². The summed E-state index contributed by atoms with van der Waals surface area (Å²) in [6.07, 6.45) is 5.84. The summed E-state index contributed by atoms with van der Waals surface area (Å²) in [6, 6.07) is 4.13. The minimum atomic E-state index is 0.246. The molecule has 0 bridgehead atoms. The van der Waals surface area contributed by atoms with Crippen molar-refractivity contribution in [1.29, 1.82) is 0 Å². The van der Waals surface area contributed by atoms with Crippen LogP contribution >= 0.6 is 0 Å². The Kier molecular flexibility index (Phi) is 4.42. The third-order valence-corrected chi connectivity index (χ3v) is 4.78. The van der Waals surface area contributed by atoms with Gasteiger partial charge in [0.05, 0.1) is 0 Å². The predicted octanol–water partition coefficient (Wildman–Crippen LogP) is 5.84. The highest BCUT2D eigenvalue weighted by molar-refractivity contribution is 5.47. The second kappa shape index (κ2) is 5.66. The molecule has 0 heterocycles. The highest BCUT2D eigenvalue weighted by Gasteiger charge is 2.33. The number of rotatable bonds is 2. The fourth-order valence-corrected chi connectivity index (χ4v) is 3.70. The number of phenolic OH excluding ortho intramolecular Hbond substituents is 1. The van der Waals surface area contributed by atoms with Gasteiger partial charge in [-0.2, -0.15) is 0 Å². The average Bonchev–Trinajstić information content (AvgIpc) is 2.35. The zero-order valence-electron chi connectivity index (χ0n) is 14.7. The SMILES string of the molecule is CC(C)(C)CC(c1ccc(O)c2c1CCCC2)C(C)(C)C. The molecule has 1 aromatic rings. The van der Waals surface area contributed by atoms with E-state index < -0.39 is 0 Å². The molecule has 1 nitrogen and oxygen atoms in total. The van der Waals surface area contributed by atoms with E-state index >= 15 is 0 Å². The zero-order chi connectivity index (χ0) is 15.8. The van der Waals surface area contributed by atoms with Gasteiger partial charge in [-0.25, -0.2) is 0 Å². The number of phenols is 1. The van der Waals surface area contributed by atoms with Crippen LogP contribution < -0.4 is 0 Å². The molecule has 1 heteroatoms. The molecule has 118 valence electrons. The van der Waals surface area contributed by atoms with Crippen molar-refractivity contribution >= 4 is 0 Å². The first-order chi connectivity index (χ1) is 9.59. The molecule has 0 saturated carbocycles. The van der Waals surface area contributed by atoms with Crippen LogP contribution in [0.4, 0.5) is 0 Å². The van der Waals surface area contributed by atoms with E-state index in [4.69, 9.17) is 0 Å². The van der Waals surface area contributed by atoms with Crippen molar-refractivity contribution < 1.29 is 5.11 Å². The molecule has 1 unspecified atom stereocenters. The minimum absolute atomic E-state index is 0.246. The van der Waals surface area contributed by atoms with Crippen LogP contribution in [0.15, 0.2) is 12.1 Å². The Morgan fingerprint density at radius 3 is 2.05 bits per heavy atom. The largest absolute Gasteiger partial charge is 0.508 e. The van der Waals surface area contributed by atoms with Gasteiger partial charge in [-0.15, -0.1) is 0 Å². The van der Waals surface area contributed by atoms with Gasteiger partial charge in [0.2, 0.25) is 0 Å². The molecule has 0 aromatic heterocycles. The minimum Gasteiger partial charge on any atom is -0.508 e. The van der Waals surface area contributed by atoms with Crippen molar-refractivity contribution in [3.63, 3.8) is 0 Å². The molecule has 0 saturated heterocycles. The van der Waals surface area contributed by atoms with E-state index in [0.717, 1.165) is 12.8 Å². The standard InChI is InChI=1S/C20H32O/c1-19(2,3)13-17(20(4,5)6)15-11-12-18(21)16-10-8-7-9-14(15)16/h11-12,17,21H,7-10,13H2,1-6H3. The van der Waals surface area contributed by atoms with Gasteiger partial charge >= 0.3 is 0 Å². The number of benzene rings is 1. The zero-order valence-corrected chi connectivity index (χ0v) is 14.7. The van der Waals surface area contributed by atoms with Crippen molar-refractivity contribution in [2.24, 2.45) is 10.8 Å². The maximum atomic E-state index is 10.2. The molecular formula is C20H32O. The van der Waals surface area contributed by atoms with Gasteiger partial charge in [-0.3, -0.25) is 0 Å². The van der Waals surface area contributed by atoms with Gasteiger partial charge in [-0.05, 0) is 71.6 Å². The van der Waals surface area contributed by atoms with Gasteiger partial charge in [0.1, 0.15) is 5.75 Å². The van der Waals surface area contributed by atoms with Crippen molar-refractivity contribution in [3.8, 4) is 5.75 Å². The normalized spacial score (nSPS) is 17.4. The summed E-state index contributed by atoms with van der Waals surface area (Å²) in [6.45, 7) is 14.1. The van der Waals surface area contributed by atoms with Crippen LogP contribution in [0.25, 0.3) is 0 Å². The van der Waals surface area contributed by atoms with Gasteiger partial charge in [0.15, 0.2) is 0 Å². The van der Waals surface area contributed by atoms with E-state index in [1.807, 2.05) is 6.07 Å². The first-order valence-electron chi connectivity index (χ1n) is 8.43. The maximum Gasteiger partial charge on any atom is 0.119 e. The quantitative estimate of drug-likeness (QED) is 0.725. The van der Waals surface area contributed by atoms with Crippen LogP contribution in [0.3, 0.4) is 0 Å². The van der Waals surface area contributed by atoms with Crippen molar-refractivity contribution in [2.45, 2.75) is 79.6 Å². The van der Waals surface area contributed by atoms with E-state index in [1.54, 1.807) is 0 Å². The second-order valence-corrected chi connectivity index (χ2v) is 9.02. The summed E-state index contributed by atoms with van der Waals surface area (Å²) in [7, 11) is 0. The van der Waals surface area contributed by atoms with Crippen LogP contribution in [0.5, 0.6) is 5.75 Å². The van der Waals surface area contributed by atoms with Crippen molar-refractivity contribution in [1.82, 2.24) is 0 Å². The first kappa shape index (κ1) is 16.4. The van der Waals surface area contributed by atoms with E-state index in [0.29, 0.717) is 17.1 Å². The maximum absolute atomic E-state index is 10.2. The lowest BCUT2D eigenvalue weighted by molar-refractivity contribution is 0.228. The molecule has 0 amide bonds. The summed E-state index contributed by atoms with van der Waals surface area (Å²) >= 11 is 0. The van der Waals surface area contributed by atoms with E-state index in [9.17, 15) is 5.11 Å². The fraction of sp³-hybridized carbons (Fsp3) is 0.700. The van der Waals surface area contributed by atoms with Crippen LogP contribution in [0, 0.1) is 10.8 Å². The molecule has 1 aliphatic carbocycles. The summed E-state index contributed by atoms with van der Waals surface area (Å²) in [4.78, 5) is 0. The van der Waals surface area contributed by atoms with Crippen LogP contribution in [-0.2, 0) is 12.8 Å². The van der Waals surface area contributed by atoms with E-state index in [-0.39, 0.29) is 5.41 Å². The second-order valence-electron chi connectivity index (χ2n) is 9.02. The number of hydrogen-bond donors (Lipinski definition) is 1. The summed E-state index contributed by atoms with van der Waals surface area (Å²) in [5.41, 5.74) is 4.73. The van der Waals surface area contributed by atoms with Gasteiger partial charge in [-0.1, -0.05) is 47.6 Å². The number of fused-ring (bicyclic) bond motifs is 1. The molecule has 21 heavy (non-hydrogen) atoms. The predicted molar refractivity (Wildman–Crippen MR) is 91.0 cm³/mol. The number of aromatic hydroxyl groups is 1.